The van der Waals surface area contributed by atoms with Gasteiger partial charge in [0.15, 0.2) is 9.84 Å². The van der Waals surface area contributed by atoms with Crippen LogP contribution in [0, 0.1) is 5.82 Å². The van der Waals surface area contributed by atoms with Crippen LogP contribution in [0.2, 0.25) is 0 Å². The molecular weight excluding hydrogens is 477 g/mol. The summed E-state index contributed by atoms with van der Waals surface area (Å²) in [5.41, 5.74) is 2.25. The van der Waals surface area contributed by atoms with Crippen LogP contribution in [0.5, 0.6) is 0 Å². The first-order chi connectivity index (χ1) is 16.4. The van der Waals surface area contributed by atoms with E-state index in [2.05, 4.69) is 15.3 Å². The van der Waals surface area contributed by atoms with Gasteiger partial charge in [-0.2, -0.15) is 0 Å². The molecule has 1 aromatic carbocycles. The quantitative estimate of drug-likeness (QED) is 0.380. The van der Waals surface area contributed by atoms with Gasteiger partial charge in [-0.15, -0.1) is 0 Å². The maximum Gasteiger partial charge on any atom is 0.305 e. The molecule has 0 bridgehead atoms. The van der Waals surface area contributed by atoms with Crippen LogP contribution in [-0.4, -0.2) is 69.4 Å². The number of rotatable bonds is 10. The number of aliphatic hydroxyl groups excluding tert-OH is 2. The van der Waals surface area contributed by atoms with Crippen molar-refractivity contribution in [2.75, 3.05) is 16.8 Å². The van der Waals surface area contributed by atoms with Crippen LogP contribution in [0.3, 0.4) is 0 Å². The zero-order valence-electron chi connectivity index (χ0n) is 19.6. The number of nitrogens with zero attached hydrogens (tertiary/aromatic N) is 2. The average Bonchev–Trinajstić information content (AvgIpc) is 3.10. The first kappa shape index (κ1) is 26.7. The number of carboxylic acid groups (broad SMARTS) is 1. The first-order valence-corrected chi connectivity index (χ1v) is 13.2. The van der Waals surface area contributed by atoms with Gasteiger partial charge in [-0.25, -0.2) is 22.8 Å². The number of benzene rings is 1. The normalized spacial score (nSPS) is 19.2. The first-order valence-electron chi connectivity index (χ1n) is 11.3. The van der Waals surface area contributed by atoms with E-state index in [0.717, 1.165) is 0 Å². The summed E-state index contributed by atoms with van der Waals surface area (Å²) in [6, 6.07) is 5.41. The summed E-state index contributed by atoms with van der Waals surface area (Å²) in [4.78, 5) is 20.0. The molecule has 4 N–H and O–H groups in total. The lowest BCUT2D eigenvalue weighted by Crippen LogP contribution is -2.23. The number of aliphatic hydroxyl groups is 2. The Kier molecular flexibility index (Phi) is 8.57. The van der Waals surface area contributed by atoms with Gasteiger partial charge in [0.05, 0.1) is 41.5 Å². The van der Waals surface area contributed by atoms with Gasteiger partial charge in [0.25, 0.3) is 0 Å². The number of hydrogen-bond acceptors (Lipinski definition) is 8. The second-order valence-electron chi connectivity index (χ2n) is 9.01. The highest BCUT2D eigenvalue weighted by Crippen LogP contribution is 2.31. The van der Waals surface area contributed by atoms with Crippen molar-refractivity contribution in [3.8, 4) is 11.3 Å². The molecule has 3 rings (SSSR count). The van der Waals surface area contributed by atoms with Crippen molar-refractivity contribution in [3.63, 3.8) is 0 Å². The highest BCUT2D eigenvalue weighted by Gasteiger charge is 2.29. The molecule has 3 atom stereocenters. The van der Waals surface area contributed by atoms with Crippen molar-refractivity contribution in [1.29, 1.82) is 0 Å². The van der Waals surface area contributed by atoms with E-state index < -0.39 is 40.3 Å². The molecule has 0 radical (unpaired) electrons. The van der Waals surface area contributed by atoms with E-state index in [1.807, 2.05) is 13.8 Å². The molecule has 1 saturated heterocycles. The number of carboxylic acids is 1. The summed E-state index contributed by atoms with van der Waals surface area (Å²) >= 11 is 0. The predicted molar refractivity (Wildman–Crippen MR) is 130 cm³/mol. The molecule has 2 aromatic rings. The lowest BCUT2D eigenvalue weighted by Gasteiger charge is -2.18. The second-order valence-corrected chi connectivity index (χ2v) is 11.2. The van der Waals surface area contributed by atoms with Gasteiger partial charge in [0, 0.05) is 23.6 Å². The van der Waals surface area contributed by atoms with E-state index in [-0.39, 0.29) is 35.8 Å². The molecule has 1 fully saturated rings. The molecule has 0 aliphatic carbocycles. The second kappa shape index (κ2) is 11.2. The van der Waals surface area contributed by atoms with Crippen molar-refractivity contribution in [1.82, 2.24) is 9.97 Å². The van der Waals surface area contributed by atoms with E-state index in [1.54, 1.807) is 18.2 Å². The van der Waals surface area contributed by atoms with Gasteiger partial charge >= 0.3 is 5.97 Å². The lowest BCUT2D eigenvalue weighted by molar-refractivity contribution is -0.139. The van der Waals surface area contributed by atoms with Crippen LogP contribution in [0.4, 0.5) is 10.3 Å². The highest BCUT2D eigenvalue weighted by molar-refractivity contribution is 7.91. The standard InChI is InChI=1S/C24H30FN3O6S/c1-14(2)22-20(8-7-18(29)11-19(30)12-21(31)32)23(15-3-5-16(25)6-4-15)28-24(27-22)26-17-9-10-35(33,34)13-17/h3-8,14,17-19,29-30H,9-13H2,1-2H3,(H,31,32)(H,26,27,28)/b8-7+/t17?,18-,19-/m1/s1. The number of aromatic nitrogens is 2. The van der Waals surface area contributed by atoms with E-state index in [0.29, 0.717) is 28.9 Å². The van der Waals surface area contributed by atoms with Crippen molar-refractivity contribution in [2.24, 2.45) is 0 Å². The minimum Gasteiger partial charge on any atom is -0.481 e. The lowest BCUT2D eigenvalue weighted by atomic mass is 9.97. The third kappa shape index (κ3) is 7.55. The Labute approximate surface area is 203 Å². The van der Waals surface area contributed by atoms with Gasteiger partial charge in [-0.3, -0.25) is 4.79 Å². The monoisotopic (exact) mass is 507 g/mol. The molecule has 2 heterocycles. The topological polar surface area (TPSA) is 150 Å². The van der Waals surface area contributed by atoms with Crippen molar-refractivity contribution in [3.05, 3.63) is 47.4 Å². The van der Waals surface area contributed by atoms with Gasteiger partial charge < -0.3 is 20.6 Å². The molecule has 0 amide bonds. The Balaban J connectivity index is 2.00. The van der Waals surface area contributed by atoms with Crippen LogP contribution >= 0.6 is 0 Å². The molecule has 190 valence electrons. The summed E-state index contributed by atoms with van der Waals surface area (Å²) in [5.74, 6) is -1.32. The Morgan fingerprint density at radius 2 is 1.91 bits per heavy atom. The summed E-state index contributed by atoms with van der Waals surface area (Å²) in [6.45, 7) is 3.84. The maximum atomic E-state index is 13.6. The van der Waals surface area contributed by atoms with Crippen LogP contribution in [-0.2, 0) is 14.6 Å². The predicted octanol–water partition coefficient (Wildman–Crippen LogP) is 2.60. The van der Waals surface area contributed by atoms with Crippen LogP contribution < -0.4 is 5.32 Å². The van der Waals surface area contributed by atoms with Gasteiger partial charge in [0.1, 0.15) is 5.82 Å². The summed E-state index contributed by atoms with van der Waals surface area (Å²) < 4.78 is 37.3. The fraction of sp³-hybridized carbons (Fsp3) is 0.458. The minimum absolute atomic E-state index is 0.00817. The van der Waals surface area contributed by atoms with Gasteiger partial charge in [-0.1, -0.05) is 26.0 Å². The summed E-state index contributed by atoms with van der Waals surface area (Å²) in [5, 5.41) is 32.0. The molecule has 1 aromatic heterocycles. The van der Waals surface area contributed by atoms with Gasteiger partial charge in [-0.05, 0) is 36.6 Å². The Bertz CT molecular complexity index is 1180. The van der Waals surface area contributed by atoms with Crippen LogP contribution in [0.15, 0.2) is 30.3 Å². The molecule has 1 aliphatic rings. The summed E-state index contributed by atoms with van der Waals surface area (Å²) in [6.07, 6.45) is 0.507. The molecule has 1 aliphatic heterocycles. The van der Waals surface area contributed by atoms with Crippen molar-refractivity contribution in [2.45, 2.75) is 57.3 Å². The van der Waals surface area contributed by atoms with E-state index in [9.17, 15) is 27.8 Å². The summed E-state index contributed by atoms with van der Waals surface area (Å²) in [7, 11) is -3.11. The fourth-order valence-electron chi connectivity index (χ4n) is 3.92. The molecular formula is C24H30FN3O6S. The average molecular weight is 508 g/mol. The Morgan fingerprint density at radius 1 is 1.23 bits per heavy atom. The van der Waals surface area contributed by atoms with E-state index in [4.69, 9.17) is 5.11 Å². The van der Waals surface area contributed by atoms with Crippen LogP contribution in [0.1, 0.15) is 50.3 Å². The van der Waals surface area contributed by atoms with Crippen molar-refractivity contribution < 1.29 is 32.9 Å². The largest absolute Gasteiger partial charge is 0.481 e. The third-order valence-corrected chi connectivity index (χ3v) is 7.38. The Hall–Kier alpha value is -2.89. The molecule has 0 spiro atoms. The molecule has 1 unspecified atom stereocenters. The number of aliphatic carboxylic acids is 1. The Morgan fingerprint density at radius 3 is 2.49 bits per heavy atom. The molecule has 11 heteroatoms. The fourth-order valence-corrected chi connectivity index (χ4v) is 5.60. The van der Waals surface area contributed by atoms with Crippen LogP contribution in [0.25, 0.3) is 17.3 Å². The zero-order valence-corrected chi connectivity index (χ0v) is 20.4. The van der Waals surface area contributed by atoms with E-state index >= 15 is 0 Å². The number of nitrogens with one attached hydrogen (secondary N) is 1. The minimum atomic E-state index is -3.11. The number of carbonyl (C=O) groups is 1. The highest BCUT2D eigenvalue weighted by atomic mass is 32.2. The van der Waals surface area contributed by atoms with Gasteiger partial charge in [0.2, 0.25) is 5.95 Å². The molecule has 0 saturated carbocycles. The number of anilines is 1. The molecule has 35 heavy (non-hydrogen) atoms. The zero-order chi connectivity index (χ0) is 25.8. The third-order valence-electron chi connectivity index (χ3n) is 5.61. The smallest absolute Gasteiger partial charge is 0.305 e. The molecule has 9 nitrogen and oxygen atoms in total. The SMILES string of the molecule is CC(C)c1nc(NC2CCS(=O)(=O)C2)nc(-c2ccc(F)cc2)c1/C=C/[C@@H](O)C[C@@H](O)CC(=O)O. The maximum absolute atomic E-state index is 13.6. The number of halogens is 1. The van der Waals surface area contributed by atoms with Crippen molar-refractivity contribution >= 4 is 27.8 Å². The number of sulfone groups is 1. The van der Waals surface area contributed by atoms with E-state index in [1.165, 1.54) is 18.2 Å². The number of hydrogen-bond donors (Lipinski definition) is 4.